The maximum Gasteiger partial charge on any atom is 0.262 e. The fraction of sp³-hybridized carbons (Fsp3) is 0.278. The highest BCUT2D eigenvalue weighted by Crippen LogP contribution is 2.17. The van der Waals surface area contributed by atoms with Crippen molar-refractivity contribution < 1.29 is 19.0 Å². The van der Waals surface area contributed by atoms with Gasteiger partial charge in [-0.25, -0.2) is 0 Å². The second-order valence-electron chi connectivity index (χ2n) is 5.02. The summed E-state index contributed by atoms with van der Waals surface area (Å²) in [6, 6.07) is 14.8. The molecule has 0 unspecified atom stereocenters. The molecule has 0 radical (unpaired) electrons. The number of amides is 1. The Hall–Kier alpha value is -2.53. The molecule has 0 saturated heterocycles. The van der Waals surface area contributed by atoms with Crippen LogP contribution in [0.3, 0.4) is 0 Å². The topological polar surface area (TPSA) is 56.8 Å². The number of anilines is 1. The standard InChI is InChI=1S/C18H21NO4/c1-14-6-8-16(9-7-14)23-13-18(20)19-15-4-3-5-17(12-15)22-11-10-21-2/h3-9,12H,10-11,13H2,1-2H3,(H,19,20). The molecule has 23 heavy (non-hydrogen) atoms. The van der Waals surface area contributed by atoms with Gasteiger partial charge in [-0.3, -0.25) is 4.79 Å². The van der Waals surface area contributed by atoms with Gasteiger partial charge in [0.1, 0.15) is 18.1 Å². The van der Waals surface area contributed by atoms with E-state index in [4.69, 9.17) is 14.2 Å². The molecule has 0 bridgehead atoms. The zero-order valence-corrected chi connectivity index (χ0v) is 13.4. The van der Waals surface area contributed by atoms with Crippen LogP contribution in [-0.2, 0) is 9.53 Å². The van der Waals surface area contributed by atoms with Crippen molar-refractivity contribution in [3.8, 4) is 11.5 Å². The first-order chi connectivity index (χ1) is 11.2. The van der Waals surface area contributed by atoms with E-state index >= 15 is 0 Å². The van der Waals surface area contributed by atoms with E-state index in [9.17, 15) is 4.79 Å². The van der Waals surface area contributed by atoms with Crippen LogP contribution in [-0.4, -0.2) is 32.8 Å². The van der Waals surface area contributed by atoms with Gasteiger partial charge >= 0.3 is 0 Å². The molecule has 0 saturated carbocycles. The number of aryl methyl sites for hydroxylation is 1. The minimum Gasteiger partial charge on any atom is -0.491 e. The number of methoxy groups -OCH3 is 1. The van der Waals surface area contributed by atoms with Crippen molar-refractivity contribution in [3.63, 3.8) is 0 Å². The van der Waals surface area contributed by atoms with E-state index in [2.05, 4.69) is 5.32 Å². The highest BCUT2D eigenvalue weighted by molar-refractivity contribution is 5.92. The molecule has 0 spiro atoms. The lowest BCUT2D eigenvalue weighted by molar-refractivity contribution is -0.118. The zero-order chi connectivity index (χ0) is 16.5. The summed E-state index contributed by atoms with van der Waals surface area (Å²) in [5.74, 6) is 1.13. The molecule has 0 aromatic heterocycles. The molecule has 2 aromatic carbocycles. The summed E-state index contributed by atoms with van der Waals surface area (Å²) in [7, 11) is 1.62. The molecule has 0 fully saturated rings. The van der Waals surface area contributed by atoms with E-state index in [1.165, 1.54) is 0 Å². The summed E-state index contributed by atoms with van der Waals surface area (Å²) >= 11 is 0. The molecule has 5 heteroatoms. The van der Waals surface area contributed by atoms with Gasteiger partial charge in [0.05, 0.1) is 6.61 Å². The average molecular weight is 315 g/mol. The van der Waals surface area contributed by atoms with Gasteiger partial charge in [0, 0.05) is 18.9 Å². The maximum atomic E-state index is 11.9. The summed E-state index contributed by atoms with van der Waals surface area (Å²) in [4.78, 5) is 11.9. The van der Waals surface area contributed by atoms with Gasteiger partial charge in [0.15, 0.2) is 6.61 Å². The predicted molar refractivity (Wildman–Crippen MR) is 89.1 cm³/mol. The summed E-state index contributed by atoms with van der Waals surface area (Å²) in [5, 5.41) is 2.78. The number of carbonyl (C=O) groups excluding carboxylic acids is 1. The lowest BCUT2D eigenvalue weighted by atomic mass is 10.2. The number of rotatable bonds is 8. The first kappa shape index (κ1) is 16.8. The van der Waals surface area contributed by atoms with Crippen molar-refractivity contribution in [2.24, 2.45) is 0 Å². The lowest BCUT2D eigenvalue weighted by Gasteiger charge is -2.10. The van der Waals surface area contributed by atoms with Crippen LogP contribution in [0.1, 0.15) is 5.56 Å². The molecule has 0 heterocycles. The highest BCUT2D eigenvalue weighted by Gasteiger charge is 2.05. The van der Waals surface area contributed by atoms with Crippen molar-refractivity contribution in [1.82, 2.24) is 0 Å². The molecule has 5 nitrogen and oxygen atoms in total. The van der Waals surface area contributed by atoms with E-state index in [1.54, 1.807) is 19.2 Å². The number of carbonyl (C=O) groups is 1. The van der Waals surface area contributed by atoms with Crippen LogP contribution in [0.15, 0.2) is 48.5 Å². The Morgan fingerprint density at radius 3 is 2.52 bits per heavy atom. The minimum atomic E-state index is -0.223. The highest BCUT2D eigenvalue weighted by atomic mass is 16.5. The fourth-order valence-electron chi connectivity index (χ4n) is 1.89. The van der Waals surface area contributed by atoms with Crippen LogP contribution in [0.5, 0.6) is 11.5 Å². The van der Waals surface area contributed by atoms with Crippen LogP contribution in [0.2, 0.25) is 0 Å². The van der Waals surface area contributed by atoms with Gasteiger partial charge in [-0.05, 0) is 31.2 Å². The third-order valence-electron chi connectivity index (χ3n) is 3.06. The summed E-state index contributed by atoms with van der Waals surface area (Å²) in [6.45, 7) is 2.93. The predicted octanol–water partition coefficient (Wildman–Crippen LogP) is 3.04. The maximum absolute atomic E-state index is 11.9. The Morgan fingerprint density at radius 2 is 1.78 bits per heavy atom. The van der Waals surface area contributed by atoms with Crippen LogP contribution in [0.4, 0.5) is 5.69 Å². The van der Waals surface area contributed by atoms with Crippen molar-refractivity contribution in [1.29, 1.82) is 0 Å². The van der Waals surface area contributed by atoms with Crippen molar-refractivity contribution in [2.75, 3.05) is 32.2 Å². The van der Waals surface area contributed by atoms with Crippen LogP contribution < -0.4 is 14.8 Å². The molecule has 2 aromatic rings. The molecule has 1 N–H and O–H groups in total. The third-order valence-corrected chi connectivity index (χ3v) is 3.06. The van der Waals surface area contributed by atoms with Gasteiger partial charge in [-0.1, -0.05) is 23.8 Å². The second kappa shape index (κ2) is 8.80. The summed E-state index contributed by atoms with van der Waals surface area (Å²) in [5.41, 5.74) is 1.81. The minimum absolute atomic E-state index is 0.0438. The van der Waals surface area contributed by atoms with Crippen LogP contribution in [0, 0.1) is 6.92 Å². The van der Waals surface area contributed by atoms with Crippen molar-refractivity contribution in [3.05, 3.63) is 54.1 Å². The second-order valence-corrected chi connectivity index (χ2v) is 5.02. The Kier molecular flexibility index (Phi) is 6.44. The monoisotopic (exact) mass is 315 g/mol. The molecular weight excluding hydrogens is 294 g/mol. The van der Waals surface area contributed by atoms with Crippen LogP contribution >= 0.6 is 0 Å². The number of hydrogen-bond acceptors (Lipinski definition) is 4. The SMILES string of the molecule is COCCOc1cccc(NC(=O)COc2ccc(C)cc2)c1. The molecule has 2 rings (SSSR count). The van der Waals surface area contributed by atoms with Gasteiger partial charge in [0.2, 0.25) is 0 Å². The number of nitrogens with one attached hydrogen (secondary N) is 1. The van der Waals surface area contributed by atoms with E-state index in [-0.39, 0.29) is 12.5 Å². The fourth-order valence-corrected chi connectivity index (χ4v) is 1.89. The normalized spacial score (nSPS) is 10.2. The third kappa shape index (κ3) is 6.00. The smallest absolute Gasteiger partial charge is 0.262 e. The quantitative estimate of drug-likeness (QED) is 0.761. The Labute approximate surface area is 136 Å². The van der Waals surface area contributed by atoms with E-state index < -0.39 is 0 Å². The van der Waals surface area contributed by atoms with Gasteiger partial charge < -0.3 is 19.5 Å². The van der Waals surface area contributed by atoms with Gasteiger partial charge in [-0.2, -0.15) is 0 Å². The summed E-state index contributed by atoms with van der Waals surface area (Å²) < 4.78 is 15.9. The molecule has 0 aliphatic heterocycles. The average Bonchev–Trinajstić information content (AvgIpc) is 2.55. The lowest BCUT2D eigenvalue weighted by Crippen LogP contribution is -2.20. The number of ether oxygens (including phenoxy) is 3. The van der Waals surface area contributed by atoms with E-state index in [1.807, 2.05) is 43.3 Å². The van der Waals surface area contributed by atoms with Crippen molar-refractivity contribution >= 4 is 11.6 Å². The molecule has 0 atom stereocenters. The van der Waals surface area contributed by atoms with Gasteiger partial charge in [0.25, 0.3) is 5.91 Å². The zero-order valence-electron chi connectivity index (χ0n) is 13.4. The number of hydrogen-bond donors (Lipinski definition) is 1. The molecule has 122 valence electrons. The van der Waals surface area contributed by atoms with E-state index in [0.717, 1.165) is 5.56 Å². The number of benzene rings is 2. The Morgan fingerprint density at radius 1 is 1.00 bits per heavy atom. The van der Waals surface area contributed by atoms with Crippen LogP contribution in [0.25, 0.3) is 0 Å². The molecule has 0 aliphatic rings. The largest absolute Gasteiger partial charge is 0.491 e. The molecule has 1 amide bonds. The van der Waals surface area contributed by atoms with Gasteiger partial charge in [-0.15, -0.1) is 0 Å². The molecule has 0 aliphatic carbocycles. The summed E-state index contributed by atoms with van der Waals surface area (Å²) in [6.07, 6.45) is 0. The Balaban J connectivity index is 1.82. The van der Waals surface area contributed by atoms with E-state index in [0.29, 0.717) is 30.4 Å². The van der Waals surface area contributed by atoms with Crippen molar-refractivity contribution in [2.45, 2.75) is 6.92 Å². The Bertz CT molecular complexity index is 625. The molecular formula is C18H21NO4. The first-order valence-electron chi connectivity index (χ1n) is 7.38. The first-order valence-corrected chi connectivity index (χ1v) is 7.38.